The minimum Gasteiger partial charge on any atom is -0.491 e. The Morgan fingerprint density at radius 2 is 1.72 bits per heavy atom. The average molecular weight is 529 g/mol. The highest BCUT2D eigenvalue weighted by Crippen LogP contribution is 2.30. The van der Waals surface area contributed by atoms with Crippen molar-refractivity contribution in [2.45, 2.75) is 51.5 Å². The van der Waals surface area contributed by atoms with Gasteiger partial charge in [0, 0.05) is 11.6 Å². The van der Waals surface area contributed by atoms with Crippen molar-refractivity contribution in [1.29, 1.82) is 0 Å². The number of nitrogens with one attached hydrogen (secondary N) is 1. The molecule has 36 heavy (non-hydrogen) atoms. The fourth-order valence-corrected chi connectivity index (χ4v) is 5.40. The first-order chi connectivity index (χ1) is 17.1. The highest BCUT2D eigenvalue weighted by Gasteiger charge is 2.28. The lowest BCUT2D eigenvalue weighted by molar-refractivity contribution is -0.119. The van der Waals surface area contributed by atoms with Gasteiger partial charge in [-0.25, -0.2) is 8.42 Å². The molecule has 3 aromatic carbocycles. The standard InChI is InChI=1S/C28H33ClN2O4S/c1-20(2)35-24-10-5-8-23(18-24)9-7-17-30-28(32)19-31(27-12-6-11-26(29)22(27)4)36(33,34)25-15-13-21(3)14-16-25/h5-6,8,10-16,18,20H,7,9,17,19H2,1-4H3,(H,30,32). The Balaban J connectivity index is 1.70. The minimum absolute atomic E-state index is 0.0989. The van der Waals surface area contributed by atoms with E-state index in [1.807, 2.05) is 45.0 Å². The maximum Gasteiger partial charge on any atom is 0.264 e. The molecule has 3 aromatic rings. The highest BCUT2D eigenvalue weighted by molar-refractivity contribution is 7.92. The molecule has 0 aliphatic rings. The van der Waals surface area contributed by atoms with Gasteiger partial charge in [0.1, 0.15) is 12.3 Å². The number of hydrogen-bond donors (Lipinski definition) is 1. The molecule has 0 heterocycles. The molecule has 3 rings (SSSR count). The summed E-state index contributed by atoms with van der Waals surface area (Å²) in [6.07, 6.45) is 1.56. The van der Waals surface area contributed by atoms with E-state index < -0.39 is 10.0 Å². The summed E-state index contributed by atoms with van der Waals surface area (Å²) in [5.74, 6) is 0.433. The molecule has 8 heteroatoms. The van der Waals surface area contributed by atoms with Gasteiger partial charge in [-0.05, 0) is 88.1 Å². The number of aryl methyl sites for hydroxylation is 2. The lowest BCUT2D eigenvalue weighted by Crippen LogP contribution is -2.41. The lowest BCUT2D eigenvalue weighted by atomic mass is 10.1. The van der Waals surface area contributed by atoms with Crippen molar-refractivity contribution in [2.75, 3.05) is 17.4 Å². The van der Waals surface area contributed by atoms with E-state index in [-0.39, 0.29) is 23.5 Å². The third kappa shape index (κ3) is 7.24. The van der Waals surface area contributed by atoms with Crippen LogP contribution in [0.5, 0.6) is 5.75 Å². The maximum atomic E-state index is 13.6. The van der Waals surface area contributed by atoms with Crippen molar-refractivity contribution in [3.8, 4) is 5.75 Å². The Bertz CT molecular complexity index is 1290. The molecule has 1 N–H and O–H groups in total. The van der Waals surface area contributed by atoms with Crippen molar-refractivity contribution < 1.29 is 17.9 Å². The van der Waals surface area contributed by atoms with Crippen LogP contribution in [0.4, 0.5) is 5.69 Å². The Hall–Kier alpha value is -3.03. The van der Waals surface area contributed by atoms with E-state index in [1.54, 1.807) is 49.4 Å². The van der Waals surface area contributed by atoms with Crippen LogP contribution in [0.3, 0.4) is 0 Å². The molecule has 0 saturated carbocycles. The normalized spacial score (nSPS) is 11.4. The second-order valence-corrected chi connectivity index (χ2v) is 11.2. The number of sulfonamides is 1. The van der Waals surface area contributed by atoms with E-state index in [2.05, 4.69) is 5.32 Å². The fourth-order valence-electron chi connectivity index (χ4n) is 3.76. The van der Waals surface area contributed by atoms with Gasteiger partial charge in [-0.1, -0.05) is 47.5 Å². The fraction of sp³-hybridized carbons (Fsp3) is 0.321. The van der Waals surface area contributed by atoms with Crippen LogP contribution >= 0.6 is 11.6 Å². The van der Waals surface area contributed by atoms with E-state index in [9.17, 15) is 13.2 Å². The van der Waals surface area contributed by atoms with Gasteiger partial charge < -0.3 is 10.1 Å². The van der Waals surface area contributed by atoms with Crippen molar-refractivity contribution in [1.82, 2.24) is 5.32 Å². The highest BCUT2D eigenvalue weighted by atomic mass is 35.5. The number of halogens is 1. The number of carbonyl (C=O) groups is 1. The Kier molecular flexibility index (Phi) is 9.40. The van der Waals surface area contributed by atoms with Gasteiger partial charge in [0.25, 0.3) is 10.0 Å². The first-order valence-electron chi connectivity index (χ1n) is 11.9. The zero-order chi connectivity index (χ0) is 26.3. The van der Waals surface area contributed by atoms with E-state index in [0.29, 0.717) is 29.2 Å². The molecule has 0 atom stereocenters. The summed E-state index contributed by atoms with van der Waals surface area (Å²) in [5.41, 5.74) is 3.02. The largest absolute Gasteiger partial charge is 0.491 e. The molecule has 0 bridgehead atoms. The Labute approximate surface area is 219 Å². The first-order valence-corrected chi connectivity index (χ1v) is 13.8. The summed E-state index contributed by atoms with van der Waals surface area (Å²) in [4.78, 5) is 13.0. The third-order valence-electron chi connectivity index (χ3n) is 5.64. The first kappa shape index (κ1) is 27.6. The Morgan fingerprint density at radius 1 is 1.03 bits per heavy atom. The molecular formula is C28H33ClN2O4S. The maximum absolute atomic E-state index is 13.6. The minimum atomic E-state index is -3.99. The van der Waals surface area contributed by atoms with Crippen LogP contribution in [-0.4, -0.2) is 33.5 Å². The average Bonchev–Trinajstić information content (AvgIpc) is 2.82. The number of rotatable bonds is 11. The van der Waals surface area contributed by atoms with Gasteiger partial charge >= 0.3 is 0 Å². The van der Waals surface area contributed by atoms with Crippen LogP contribution in [0.15, 0.2) is 71.6 Å². The van der Waals surface area contributed by atoms with Crippen molar-refractivity contribution >= 4 is 33.2 Å². The van der Waals surface area contributed by atoms with Crippen molar-refractivity contribution in [2.24, 2.45) is 0 Å². The van der Waals surface area contributed by atoms with Crippen molar-refractivity contribution in [3.05, 3.63) is 88.4 Å². The third-order valence-corrected chi connectivity index (χ3v) is 7.82. The van der Waals surface area contributed by atoms with Gasteiger partial charge in [-0.15, -0.1) is 0 Å². The van der Waals surface area contributed by atoms with Gasteiger partial charge in [0.05, 0.1) is 16.7 Å². The molecular weight excluding hydrogens is 496 g/mol. The molecule has 0 spiro atoms. The molecule has 0 aliphatic carbocycles. The number of hydrogen-bond acceptors (Lipinski definition) is 4. The summed E-state index contributed by atoms with van der Waals surface area (Å²) in [6, 6.07) is 19.5. The summed E-state index contributed by atoms with van der Waals surface area (Å²) < 4.78 is 34.0. The van der Waals surface area contributed by atoms with Crippen LogP contribution < -0.4 is 14.4 Å². The summed E-state index contributed by atoms with van der Waals surface area (Å²) in [6.45, 7) is 7.65. The molecule has 0 radical (unpaired) electrons. The van der Waals surface area contributed by atoms with Crippen LogP contribution in [-0.2, 0) is 21.2 Å². The molecule has 6 nitrogen and oxygen atoms in total. The zero-order valence-corrected chi connectivity index (χ0v) is 22.7. The monoisotopic (exact) mass is 528 g/mol. The Morgan fingerprint density at radius 3 is 2.42 bits per heavy atom. The number of ether oxygens (including phenoxy) is 1. The van der Waals surface area contributed by atoms with E-state index in [4.69, 9.17) is 16.3 Å². The molecule has 0 aromatic heterocycles. The van der Waals surface area contributed by atoms with Crippen LogP contribution in [0.2, 0.25) is 5.02 Å². The van der Waals surface area contributed by atoms with Gasteiger partial charge in [0.15, 0.2) is 0 Å². The number of anilines is 1. The quantitative estimate of drug-likeness (QED) is 0.324. The van der Waals surface area contributed by atoms with Crippen LogP contribution in [0.1, 0.15) is 37.0 Å². The molecule has 0 aliphatic heterocycles. The number of benzene rings is 3. The number of carbonyl (C=O) groups excluding carboxylic acids is 1. The second kappa shape index (κ2) is 12.3. The van der Waals surface area contributed by atoms with Crippen LogP contribution in [0.25, 0.3) is 0 Å². The van der Waals surface area contributed by atoms with Gasteiger partial charge in [-0.2, -0.15) is 0 Å². The number of amides is 1. The molecule has 0 fully saturated rings. The topological polar surface area (TPSA) is 75.7 Å². The van der Waals surface area contributed by atoms with E-state index in [0.717, 1.165) is 27.6 Å². The second-order valence-electron chi connectivity index (χ2n) is 8.98. The van der Waals surface area contributed by atoms with E-state index >= 15 is 0 Å². The summed E-state index contributed by atoms with van der Waals surface area (Å²) in [7, 11) is -3.99. The predicted octanol–water partition coefficient (Wildman–Crippen LogP) is 5.69. The molecule has 0 saturated heterocycles. The zero-order valence-electron chi connectivity index (χ0n) is 21.1. The van der Waals surface area contributed by atoms with Crippen molar-refractivity contribution in [3.63, 3.8) is 0 Å². The SMILES string of the molecule is Cc1ccc(S(=O)(=O)N(CC(=O)NCCCc2cccc(OC(C)C)c2)c2cccc(Cl)c2C)cc1. The molecule has 1 amide bonds. The van der Waals surface area contributed by atoms with E-state index in [1.165, 1.54) is 0 Å². The van der Waals surface area contributed by atoms with Gasteiger partial charge in [0.2, 0.25) is 5.91 Å². The van der Waals surface area contributed by atoms with Gasteiger partial charge in [-0.3, -0.25) is 9.10 Å². The summed E-state index contributed by atoms with van der Waals surface area (Å²) >= 11 is 6.28. The van der Waals surface area contributed by atoms with Crippen LogP contribution in [0, 0.1) is 13.8 Å². The molecule has 0 unspecified atom stereocenters. The lowest BCUT2D eigenvalue weighted by Gasteiger charge is -2.26. The smallest absolute Gasteiger partial charge is 0.264 e. The molecule has 192 valence electrons. The predicted molar refractivity (Wildman–Crippen MR) is 145 cm³/mol. The number of nitrogens with zero attached hydrogens (tertiary/aromatic N) is 1. The summed E-state index contributed by atoms with van der Waals surface area (Å²) in [5, 5.41) is 3.29.